The topological polar surface area (TPSA) is 153 Å². The first-order valence-electron chi connectivity index (χ1n) is 9.23. The molecular formula is C17H28N4O6. The van der Waals surface area contributed by atoms with Crippen molar-refractivity contribution in [3.63, 3.8) is 0 Å². The summed E-state index contributed by atoms with van der Waals surface area (Å²) in [6, 6.07) is -3.62. The van der Waals surface area contributed by atoms with Gasteiger partial charge in [0.1, 0.15) is 24.2 Å². The average Bonchev–Trinajstić information content (AvgIpc) is 3.28. The Kier molecular flexibility index (Phi) is 6.77. The van der Waals surface area contributed by atoms with E-state index in [-0.39, 0.29) is 5.91 Å². The Morgan fingerprint density at radius 2 is 1.59 bits per heavy atom. The van der Waals surface area contributed by atoms with Gasteiger partial charge >= 0.3 is 5.97 Å². The van der Waals surface area contributed by atoms with E-state index in [1.807, 2.05) is 0 Å². The fourth-order valence-corrected chi connectivity index (χ4v) is 3.55. The number of carboxylic acid groups (broad SMARTS) is 1. The van der Waals surface area contributed by atoms with Crippen LogP contribution in [0, 0.1) is 0 Å². The van der Waals surface area contributed by atoms with Gasteiger partial charge in [-0.15, -0.1) is 0 Å². The van der Waals surface area contributed by atoms with E-state index in [1.54, 1.807) is 0 Å². The van der Waals surface area contributed by atoms with E-state index in [1.165, 1.54) is 23.6 Å². The molecule has 152 valence electrons. The number of aliphatic carboxylic acids is 1. The second-order valence-electron chi connectivity index (χ2n) is 7.21. The van der Waals surface area contributed by atoms with Crippen LogP contribution in [0.4, 0.5) is 0 Å². The second kappa shape index (κ2) is 8.66. The SMILES string of the molecule is CC(NC(=O)C1CCCN1C(=O)C1CCCN1C(=O)C(N)C(C)O)C(=O)O. The molecule has 2 saturated heterocycles. The summed E-state index contributed by atoms with van der Waals surface area (Å²) in [5, 5.41) is 20.9. The van der Waals surface area contributed by atoms with Crippen LogP contribution >= 0.6 is 0 Å². The predicted molar refractivity (Wildman–Crippen MR) is 94.4 cm³/mol. The first-order chi connectivity index (χ1) is 12.6. The highest BCUT2D eigenvalue weighted by atomic mass is 16.4. The number of aliphatic hydroxyl groups is 1. The van der Waals surface area contributed by atoms with Crippen LogP contribution < -0.4 is 11.1 Å². The van der Waals surface area contributed by atoms with Crippen molar-refractivity contribution in [1.82, 2.24) is 15.1 Å². The average molecular weight is 384 g/mol. The minimum Gasteiger partial charge on any atom is -0.480 e. The van der Waals surface area contributed by atoms with Gasteiger partial charge in [-0.05, 0) is 39.5 Å². The maximum Gasteiger partial charge on any atom is 0.325 e. The third kappa shape index (κ3) is 4.56. The van der Waals surface area contributed by atoms with Crippen LogP contribution in [-0.4, -0.2) is 87.1 Å². The number of carbonyl (C=O) groups excluding carboxylic acids is 3. The van der Waals surface area contributed by atoms with Crippen molar-refractivity contribution >= 4 is 23.7 Å². The predicted octanol–water partition coefficient (Wildman–Crippen LogP) is -1.73. The molecular weight excluding hydrogens is 356 g/mol. The second-order valence-corrected chi connectivity index (χ2v) is 7.21. The lowest BCUT2D eigenvalue weighted by Gasteiger charge is -2.32. The molecule has 2 aliphatic heterocycles. The summed E-state index contributed by atoms with van der Waals surface area (Å²) in [4.78, 5) is 51.6. The zero-order chi connectivity index (χ0) is 20.3. The highest BCUT2D eigenvalue weighted by Crippen LogP contribution is 2.25. The molecule has 10 nitrogen and oxygen atoms in total. The Bertz CT molecular complexity index is 610. The maximum atomic E-state index is 13.0. The van der Waals surface area contributed by atoms with Gasteiger partial charge in [0.25, 0.3) is 0 Å². The molecule has 3 amide bonds. The molecule has 5 N–H and O–H groups in total. The Morgan fingerprint density at radius 3 is 2.15 bits per heavy atom. The summed E-state index contributed by atoms with van der Waals surface area (Å²) in [5.41, 5.74) is 5.73. The molecule has 5 atom stereocenters. The molecule has 2 heterocycles. The zero-order valence-electron chi connectivity index (χ0n) is 15.6. The number of carboxylic acids is 1. The van der Waals surface area contributed by atoms with E-state index < -0.39 is 48.1 Å². The van der Waals surface area contributed by atoms with Crippen molar-refractivity contribution in [3.8, 4) is 0 Å². The standard InChI is InChI=1S/C17H28N4O6/c1-9(17(26)27)19-14(23)11-5-3-7-20(11)15(24)12-6-4-8-21(12)16(25)13(18)10(2)22/h9-13,22H,3-8,18H2,1-2H3,(H,19,23)(H,26,27). The molecule has 2 aliphatic rings. The number of hydrogen-bond donors (Lipinski definition) is 4. The minimum absolute atomic E-state index is 0.334. The monoisotopic (exact) mass is 384 g/mol. The van der Waals surface area contributed by atoms with Gasteiger partial charge < -0.3 is 31.1 Å². The molecule has 0 aromatic rings. The van der Waals surface area contributed by atoms with E-state index in [9.17, 15) is 24.3 Å². The largest absolute Gasteiger partial charge is 0.480 e. The maximum absolute atomic E-state index is 13.0. The molecule has 5 unspecified atom stereocenters. The molecule has 2 rings (SSSR count). The van der Waals surface area contributed by atoms with Crippen molar-refractivity contribution in [2.75, 3.05) is 13.1 Å². The van der Waals surface area contributed by atoms with Gasteiger partial charge in [0.2, 0.25) is 17.7 Å². The van der Waals surface area contributed by atoms with Gasteiger partial charge in [-0.25, -0.2) is 0 Å². The lowest BCUT2D eigenvalue weighted by molar-refractivity contribution is -0.148. The van der Waals surface area contributed by atoms with Crippen LogP contribution in [0.15, 0.2) is 0 Å². The molecule has 0 bridgehead atoms. The number of nitrogens with zero attached hydrogens (tertiary/aromatic N) is 2. The third-order valence-corrected chi connectivity index (χ3v) is 5.19. The molecule has 0 radical (unpaired) electrons. The summed E-state index contributed by atoms with van der Waals surface area (Å²) < 4.78 is 0. The molecule has 0 aliphatic carbocycles. The number of carbonyl (C=O) groups is 4. The van der Waals surface area contributed by atoms with Crippen molar-refractivity contribution in [3.05, 3.63) is 0 Å². The summed E-state index contributed by atoms with van der Waals surface area (Å²) >= 11 is 0. The van der Waals surface area contributed by atoms with E-state index in [2.05, 4.69) is 5.32 Å². The highest BCUT2D eigenvalue weighted by Gasteiger charge is 2.43. The van der Waals surface area contributed by atoms with Crippen molar-refractivity contribution in [2.24, 2.45) is 5.73 Å². The van der Waals surface area contributed by atoms with E-state index >= 15 is 0 Å². The smallest absolute Gasteiger partial charge is 0.325 e. The van der Waals surface area contributed by atoms with Crippen LogP contribution in [0.3, 0.4) is 0 Å². The van der Waals surface area contributed by atoms with Gasteiger partial charge in [0, 0.05) is 13.1 Å². The lowest BCUT2D eigenvalue weighted by Crippen LogP contribution is -2.57. The molecule has 0 aromatic heterocycles. The molecule has 0 spiro atoms. The van der Waals surface area contributed by atoms with Gasteiger partial charge in [0.05, 0.1) is 6.10 Å². The first kappa shape index (κ1) is 21.1. The summed E-state index contributed by atoms with van der Waals surface area (Å²) in [7, 11) is 0. The van der Waals surface area contributed by atoms with Crippen LogP contribution in [0.5, 0.6) is 0 Å². The Balaban J connectivity index is 2.09. The zero-order valence-corrected chi connectivity index (χ0v) is 15.6. The summed E-state index contributed by atoms with van der Waals surface area (Å²) in [5.74, 6) is -2.48. The number of rotatable bonds is 6. The van der Waals surface area contributed by atoms with Crippen molar-refractivity contribution in [1.29, 1.82) is 0 Å². The molecule has 27 heavy (non-hydrogen) atoms. The number of amides is 3. The molecule has 2 fully saturated rings. The Hall–Kier alpha value is -2.20. The van der Waals surface area contributed by atoms with Crippen molar-refractivity contribution < 1.29 is 29.4 Å². The molecule has 0 aromatic carbocycles. The summed E-state index contributed by atoms with van der Waals surface area (Å²) in [6.07, 6.45) is 1.14. The normalized spacial score (nSPS) is 25.8. The molecule has 10 heteroatoms. The van der Waals surface area contributed by atoms with Crippen LogP contribution in [0.1, 0.15) is 39.5 Å². The quantitative estimate of drug-likeness (QED) is 0.424. The van der Waals surface area contributed by atoms with Crippen molar-refractivity contribution in [2.45, 2.75) is 69.8 Å². The van der Waals surface area contributed by atoms with Gasteiger partial charge in [-0.2, -0.15) is 0 Å². The molecule has 0 saturated carbocycles. The third-order valence-electron chi connectivity index (χ3n) is 5.19. The number of hydrogen-bond acceptors (Lipinski definition) is 6. The number of nitrogens with one attached hydrogen (secondary N) is 1. The van der Waals surface area contributed by atoms with Gasteiger partial charge in [-0.3, -0.25) is 19.2 Å². The Morgan fingerprint density at radius 1 is 1.04 bits per heavy atom. The van der Waals surface area contributed by atoms with Crippen LogP contribution in [0.2, 0.25) is 0 Å². The lowest BCUT2D eigenvalue weighted by atomic mass is 10.1. The van der Waals surface area contributed by atoms with Gasteiger partial charge in [0.15, 0.2) is 0 Å². The van der Waals surface area contributed by atoms with E-state index in [0.29, 0.717) is 38.8 Å². The highest BCUT2D eigenvalue weighted by molar-refractivity contribution is 5.94. The van der Waals surface area contributed by atoms with E-state index in [4.69, 9.17) is 10.8 Å². The fraction of sp³-hybridized carbons (Fsp3) is 0.765. The fourth-order valence-electron chi connectivity index (χ4n) is 3.55. The van der Waals surface area contributed by atoms with Crippen LogP contribution in [0.25, 0.3) is 0 Å². The number of nitrogens with two attached hydrogens (primary N) is 1. The number of aliphatic hydroxyl groups excluding tert-OH is 1. The Labute approximate surface area is 157 Å². The minimum atomic E-state index is -1.15. The van der Waals surface area contributed by atoms with Crippen LogP contribution in [-0.2, 0) is 19.2 Å². The first-order valence-corrected chi connectivity index (χ1v) is 9.23. The van der Waals surface area contributed by atoms with Gasteiger partial charge in [-0.1, -0.05) is 0 Å². The summed E-state index contributed by atoms with van der Waals surface area (Å²) in [6.45, 7) is 3.52. The number of likely N-dealkylation sites (tertiary alicyclic amines) is 2. The van der Waals surface area contributed by atoms with E-state index in [0.717, 1.165) is 0 Å².